The summed E-state index contributed by atoms with van der Waals surface area (Å²) in [6.07, 6.45) is 1.76. The number of hydrogen-bond acceptors (Lipinski definition) is 5. The highest BCUT2D eigenvalue weighted by molar-refractivity contribution is 5.84. The van der Waals surface area contributed by atoms with Gasteiger partial charge in [-0.15, -0.1) is 0 Å². The summed E-state index contributed by atoms with van der Waals surface area (Å²) in [4.78, 5) is 21.1. The summed E-state index contributed by atoms with van der Waals surface area (Å²) in [7, 11) is 0. The van der Waals surface area contributed by atoms with E-state index in [1.165, 1.54) is 0 Å². The number of nitrogens with one attached hydrogen (secondary N) is 2. The van der Waals surface area contributed by atoms with Crippen LogP contribution >= 0.6 is 0 Å². The minimum atomic E-state index is -0.495. The second-order valence-electron chi connectivity index (χ2n) is 6.49. The van der Waals surface area contributed by atoms with Crippen LogP contribution in [0.4, 0.5) is 22.1 Å². The normalized spacial score (nSPS) is 13.0. The van der Waals surface area contributed by atoms with Crippen LogP contribution in [0.1, 0.15) is 12.8 Å². The zero-order chi connectivity index (χ0) is 18.5. The number of carbonyl (C=O) groups is 1. The minimum Gasteiger partial charge on any atom is -0.449 e. The molecule has 2 N–H and O–H groups in total. The molecule has 136 valence electrons. The number of nitrogens with zero attached hydrogens (tertiary/aromatic N) is 2. The van der Waals surface area contributed by atoms with E-state index >= 15 is 0 Å². The first-order valence-electron chi connectivity index (χ1n) is 8.96. The Morgan fingerprint density at radius 1 is 0.963 bits per heavy atom. The number of rotatable bonds is 6. The molecule has 0 spiro atoms. The smallest absolute Gasteiger partial charge is 0.412 e. The summed E-state index contributed by atoms with van der Waals surface area (Å²) in [6, 6.07) is 21.0. The maximum atomic E-state index is 12.0. The standard InChI is InChI=1S/C21H20N4O2/c26-21(27-14-15-11-12-15)25-19-13-18(22-17-9-5-2-6-10-17)23-20(24-19)16-7-3-1-4-8-16/h1-10,13,15H,11-12,14H2,(H2,22,23,24,25,26). The molecule has 2 aromatic carbocycles. The van der Waals surface area contributed by atoms with Crippen molar-refractivity contribution in [1.29, 1.82) is 0 Å². The molecule has 1 fully saturated rings. The molecule has 0 radical (unpaired) electrons. The summed E-state index contributed by atoms with van der Waals surface area (Å²) < 4.78 is 5.24. The maximum Gasteiger partial charge on any atom is 0.412 e. The summed E-state index contributed by atoms with van der Waals surface area (Å²) in [6.45, 7) is 0.456. The van der Waals surface area contributed by atoms with Crippen LogP contribution in [0.3, 0.4) is 0 Å². The second-order valence-corrected chi connectivity index (χ2v) is 6.49. The zero-order valence-electron chi connectivity index (χ0n) is 14.8. The lowest BCUT2D eigenvalue weighted by atomic mass is 10.2. The first-order chi connectivity index (χ1) is 13.3. The van der Waals surface area contributed by atoms with Gasteiger partial charge in [0.2, 0.25) is 0 Å². The number of anilines is 3. The number of amides is 1. The number of para-hydroxylation sites is 1. The van der Waals surface area contributed by atoms with E-state index in [1.54, 1.807) is 6.07 Å². The van der Waals surface area contributed by atoms with Gasteiger partial charge in [-0.2, -0.15) is 0 Å². The lowest BCUT2D eigenvalue weighted by Gasteiger charge is -2.11. The van der Waals surface area contributed by atoms with Crippen molar-refractivity contribution >= 4 is 23.4 Å². The quantitative estimate of drug-likeness (QED) is 0.657. The average Bonchev–Trinajstić information content (AvgIpc) is 3.52. The third-order valence-electron chi connectivity index (χ3n) is 4.18. The van der Waals surface area contributed by atoms with Crippen LogP contribution in [0.5, 0.6) is 0 Å². The van der Waals surface area contributed by atoms with Crippen molar-refractivity contribution in [3.05, 3.63) is 66.7 Å². The van der Waals surface area contributed by atoms with Gasteiger partial charge < -0.3 is 10.1 Å². The first-order valence-corrected chi connectivity index (χ1v) is 8.96. The Morgan fingerprint density at radius 2 is 1.63 bits per heavy atom. The fourth-order valence-electron chi connectivity index (χ4n) is 2.58. The van der Waals surface area contributed by atoms with E-state index in [9.17, 15) is 4.79 Å². The van der Waals surface area contributed by atoms with Gasteiger partial charge in [0.25, 0.3) is 0 Å². The molecule has 3 aromatic rings. The van der Waals surface area contributed by atoms with Crippen molar-refractivity contribution < 1.29 is 9.53 Å². The van der Waals surface area contributed by atoms with Gasteiger partial charge in [0.05, 0.1) is 6.61 Å². The monoisotopic (exact) mass is 360 g/mol. The Labute approximate surface area is 157 Å². The summed E-state index contributed by atoms with van der Waals surface area (Å²) in [5, 5.41) is 5.95. The fourth-order valence-corrected chi connectivity index (χ4v) is 2.58. The summed E-state index contributed by atoms with van der Waals surface area (Å²) in [5.74, 6) is 2.01. The SMILES string of the molecule is O=C(Nc1cc(Nc2ccccc2)nc(-c2ccccc2)n1)OCC1CC1. The molecule has 27 heavy (non-hydrogen) atoms. The molecule has 1 aromatic heterocycles. The Kier molecular flexibility index (Phi) is 4.96. The molecule has 0 bridgehead atoms. The predicted octanol–water partition coefficient (Wildman–Crippen LogP) is 4.85. The third kappa shape index (κ3) is 4.82. The molecule has 1 aliphatic rings. The fraction of sp³-hybridized carbons (Fsp3) is 0.190. The van der Waals surface area contributed by atoms with Crippen LogP contribution in [-0.4, -0.2) is 22.7 Å². The lowest BCUT2D eigenvalue weighted by molar-refractivity contribution is 0.156. The van der Waals surface area contributed by atoms with Gasteiger partial charge in [-0.25, -0.2) is 14.8 Å². The molecule has 0 unspecified atom stereocenters. The van der Waals surface area contributed by atoms with Gasteiger partial charge in [0.1, 0.15) is 11.6 Å². The Balaban J connectivity index is 1.58. The Morgan fingerprint density at radius 3 is 2.33 bits per heavy atom. The van der Waals surface area contributed by atoms with E-state index in [4.69, 9.17) is 4.74 Å². The van der Waals surface area contributed by atoms with Gasteiger partial charge in [0.15, 0.2) is 5.82 Å². The van der Waals surface area contributed by atoms with Crippen molar-refractivity contribution in [2.45, 2.75) is 12.8 Å². The first kappa shape index (κ1) is 17.0. The minimum absolute atomic E-state index is 0.392. The van der Waals surface area contributed by atoms with E-state index in [1.807, 2.05) is 60.7 Å². The van der Waals surface area contributed by atoms with Crippen molar-refractivity contribution in [2.24, 2.45) is 5.92 Å². The van der Waals surface area contributed by atoms with Crippen LogP contribution in [0.2, 0.25) is 0 Å². The van der Waals surface area contributed by atoms with Crippen LogP contribution < -0.4 is 10.6 Å². The third-order valence-corrected chi connectivity index (χ3v) is 4.18. The molecule has 1 saturated carbocycles. The Bertz CT molecular complexity index is 912. The molecule has 6 nitrogen and oxygen atoms in total. The van der Waals surface area contributed by atoms with Gasteiger partial charge in [-0.05, 0) is 30.9 Å². The van der Waals surface area contributed by atoms with Crippen molar-refractivity contribution in [3.63, 3.8) is 0 Å². The molecule has 6 heteroatoms. The number of hydrogen-bond donors (Lipinski definition) is 2. The van der Waals surface area contributed by atoms with Crippen molar-refractivity contribution in [1.82, 2.24) is 9.97 Å². The van der Waals surface area contributed by atoms with Gasteiger partial charge in [-0.3, -0.25) is 5.32 Å². The molecular weight excluding hydrogens is 340 g/mol. The van der Waals surface area contributed by atoms with Crippen LogP contribution in [0.25, 0.3) is 11.4 Å². The lowest BCUT2D eigenvalue weighted by Crippen LogP contribution is -2.16. The largest absolute Gasteiger partial charge is 0.449 e. The number of ether oxygens (including phenoxy) is 1. The van der Waals surface area contributed by atoms with Crippen LogP contribution in [0, 0.1) is 5.92 Å². The topological polar surface area (TPSA) is 76.1 Å². The number of aromatic nitrogens is 2. The van der Waals surface area contributed by atoms with Crippen LogP contribution in [-0.2, 0) is 4.74 Å². The van der Waals surface area contributed by atoms with E-state index in [0.29, 0.717) is 30.0 Å². The Hall–Kier alpha value is -3.41. The highest BCUT2D eigenvalue weighted by Gasteiger charge is 2.23. The molecule has 0 aliphatic heterocycles. The molecular formula is C21H20N4O2. The summed E-state index contributed by atoms with van der Waals surface area (Å²) >= 11 is 0. The van der Waals surface area contributed by atoms with Gasteiger partial charge in [-0.1, -0.05) is 48.5 Å². The molecule has 0 atom stereocenters. The van der Waals surface area contributed by atoms with E-state index in [0.717, 1.165) is 24.1 Å². The average molecular weight is 360 g/mol. The highest BCUT2D eigenvalue weighted by Crippen LogP contribution is 2.29. The zero-order valence-corrected chi connectivity index (χ0v) is 14.8. The van der Waals surface area contributed by atoms with E-state index in [2.05, 4.69) is 20.6 Å². The maximum absolute atomic E-state index is 12.0. The van der Waals surface area contributed by atoms with Crippen molar-refractivity contribution in [3.8, 4) is 11.4 Å². The molecule has 1 amide bonds. The number of benzene rings is 2. The molecule has 1 aliphatic carbocycles. The van der Waals surface area contributed by atoms with Gasteiger partial charge in [0, 0.05) is 17.3 Å². The van der Waals surface area contributed by atoms with Crippen LogP contribution in [0.15, 0.2) is 66.7 Å². The van der Waals surface area contributed by atoms with Gasteiger partial charge >= 0.3 is 6.09 Å². The van der Waals surface area contributed by atoms with Crippen molar-refractivity contribution in [2.75, 3.05) is 17.2 Å². The van der Waals surface area contributed by atoms with E-state index < -0.39 is 6.09 Å². The predicted molar refractivity (Wildman–Crippen MR) is 105 cm³/mol. The number of carbonyl (C=O) groups excluding carboxylic acids is 1. The highest BCUT2D eigenvalue weighted by atomic mass is 16.5. The molecule has 1 heterocycles. The molecule has 0 saturated heterocycles. The van der Waals surface area contributed by atoms with E-state index in [-0.39, 0.29) is 0 Å². The molecule has 4 rings (SSSR count). The summed E-state index contributed by atoms with van der Waals surface area (Å²) in [5.41, 5.74) is 1.76. The second kappa shape index (κ2) is 7.86.